The Hall–Kier alpha value is -1.76. The van der Waals surface area contributed by atoms with E-state index in [2.05, 4.69) is 0 Å². The lowest BCUT2D eigenvalue weighted by Crippen LogP contribution is -2.17. The molecule has 1 atom stereocenters. The molecule has 0 fully saturated rings. The molecule has 0 saturated heterocycles. The normalized spacial score (nSPS) is 11.7. The average Bonchev–Trinajstić information content (AvgIpc) is 2.72. The zero-order valence-corrected chi connectivity index (χ0v) is 8.72. The fourth-order valence-corrected chi connectivity index (χ4v) is 1.28. The minimum Gasteiger partial charge on any atom is -0.465 e. The molecule has 80 valence electrons. The van der Waals surface area contributed by atoms with E-state index in [4.69, 9.17) is 10.00 Å². The minimum atomic E-state index is -0.660. The maximum Gasteiger partial charge on any atom is 0.323 e. The van der Waals surface area contributed by atoms with Gasteiger partial charge in [-0.1, -0.05) is 0 Å². The van der Waals surface area contributed by atoms with Crippen molar-refractivity contribution in [1.82, 2.24) is 4.57 Å². The third-order valence-electron chi connectivity index (χ3n) is 2.07. The van der Waals surface area contributed by atoms with Crippen molar-refractivity contribution in [3.05, 3.63) is 24.5 Å². The molecule has 4 heteroatoms. The predicted molar refractivity (Wildman–Crippen MR) is 54.8 cm³/mol. The van der Waals surface area contributed by atoms with Crippen LogP contribution in [-0.4, -0.2) is 17.1 Å². The highest BCUT2D eigenvalue weighted by molar-refractivity contribution is 5.75. The van der Waals surface area contributed by atoms with Gasteiger partial charge in [0.2, 0.25) is 0 Å². The van der Waals surface area contributed by atoms with Gasteiger partial charge in [-0.15, -0.1) is 0 Å². The summed E-state index contributed by atoms with van der Waals surface area (Å²) in [4.78, 5) is 11.3. The molecular formula is C11H14N2O2. The first-order chi connectivity index (χ1) is 7.27. The van der Waals surface area contributed by atoms with E-state index in [1.807, 2.05) is 35.2 Å². The van der Waals surface area contributed by atoms with E-state index in [0.29, 0.717) is 19.6 Å². The van der Waals surface area contributed by atoms with Gasteiger partial charge in [0.05, 0.1) is 12.7 Å². The number of hydrogen-bond acceptors (Lipinski definition) is 3. The van der Waals surface area contributed by atoms with E-state index in [0.717, 1.165) is 0 Å². The fourth-order valence-electron chi connectivity index (χ4n) is 1.28. The van der Waals surface area contributed by atoms with E-state index >= 15 is 0 Å². The molecule has 0 saturated carbocycles. The molecule has 4 nitrogen and oxygen atoms in total. The zero-order valence-electron chi connectivity index (χ0n) is 8.72. The van der Waals surface area contributed by atoms with Crippen molar-refractivity contribution < 1.29 is 9.53 Å². The van der Waals surface area contributed by atoms with Gasteiger partial charge in [-0.2, -0.15) is 5.26 Å². The molecule has 0 aliphatic heterocycles. The summed E-state index contributed by atoms with van der Waals surface area (Å²) in [5.74, 6) is -1.08. The van der Waals surface area contributed by atoms with Gasteiger partial charge in [-0.05, 0) is 25.5 Å². The summed E-state index contributed by atoms with van der Waals surface area (Å²) in [6.07, 6.45) is 4.29. The summed E-state index contributed by atoms with van der Waals surface area (Å²) in [6.45, 7) is 2.71. The largest absolute Gasteiger partial charge is 0.465 e. The lowest BCUT2D eigenvalue weighted by molar-refractivity contribution is -0.146. The first-order valence-corrected chi connectivity index (χ1v) is 4.95. The van der Waals surface area contributed by atoms with Gasteiger partial charge in [0.15, 0.2) is 0 Å². The zero-order chi connectivity index (χ0) is 11.1. The molecule has 1 rings (SSSR count). The molecule has 0 aliphatic rings. The van der Waals surface area contributed by atoms with Crippen molar-refractivity contribution in [3.8, 4) is 6.07 Å². The van der Waals surface area contributed by atoms with Crippen molar-refractivity contribution in [2.24, 2.45) is 5.92 Å². The van der Waals surface area contributed by atoms with E-state index in [1.54, 1.807) is 6.92 Å². The van der Waals surface area contributed by atoms with Gasteiger partial charge in [0, 0.05) is 18.9 Å². The monoisotopic (exact) mass is 206 g/mol. The lowest BCUT2D eigenvalue weighted by Gasteiger charge is -2.08. The first kappa shape index (κ1) is 11.3. The van der Waals surface area contributed by atoms with Crippen molar-refractivity contribution in [2.45, 2.75) is 19.9 Å². The van der Waals surface area contributed by atoms with Crippen LogP contribution in [0.5, 0.6) is 0 Å². The van der Waals surface area contributed by atoms with Crippen LogP contribution in [0.3, 0.4) is 0 Å². The maximum atomic E-state index is 11.3. The van der Waals surface area contributed by atoms with Crippen LogP contribution < -0.4 is 0 Å². The van der Waals surface area contributed by atoms with Crippen molar-refractivity contribution in [2.75, 3.05) is 6.61 Å². The molecule has 1 aromatic rings. The second kappa shape index (κ2) is 5.86. The number of aryl methyl sites for hydroxylation is 1. The Bertz CT molecular complexity index is 338. The van der Waals surface area contributed by atoms with Crippen LogP contribution in [0.2, 0.25) is 0 Å². The lowest BCUT2D eigenvalue weighted by atomic mass is 10.1. The van der Waals surface area contributed by atoms with Crippen LogP contribution in [0.4, 0.5) is 0 Å². The number of carbonyl (C=O) groups excluding carboxylic acids is 1. The molecule has 0 N–H and O–H groups in total. The van der Waals surface area contributed by atoms with Crippen LogP contribution in [0.15, 0.2) is 24.5 Å². The van der Waals surface area contributed by atoms with Crippen LogP contribution in [0.25, 0.3) is 0 Å². The summed E-state index contributed by atoms with van der Waals surface area (Å²) in [5, 5.41) is 8.79. The average molecular weight is 206 g/mol. The smallest absolute Gasteiger partial charge is 0.323 e. The highest BCUT2D eigenvalue weighted by atomic mass is 16.5. The number of nitrogens with zero attached hydrogens (tertiary/aromatic N) is 2. The van der Waals surface area contributed by atoms with Crippen LogP contribution in [0.1, 0.15) is 13.3 Å². The Labute approximate surface area is 89.1 Å². The summed E-state index contributed by atoms with van der Waals surface area (Å²) < 4.78 is 6.73. The van der Waals surface area contributed by atoms with Crippen molar-refractivity contribution in [1.29, 1.82) is 5.26 Å². The number of aromatic nitrogens is 1. The van der Waals surface area contributed by atoms with Gasteiger partial charge >= 0.3 is 5.97 Å². The third kappa shape index (κ3) is 3.47. The molecule has 1 aromatic heterocycles. The molecule has 0 radical (unpaired) electrons. The Morgan fingerprint density at radius 3 is 2.73 bits per heavy atom. The van der Waals surface area contributed by atoms with E-state index in [1.165, 1.54) is 0 Å². The molecular weight excluding hydrogens is 192 g/mol. The maximum absolute atomic E-state index is 11.3. The Kier molecular flexibility index (Phi) is 4.42. The number of esters is 1. The van der Waals surface area contributed by atoms with Gasteiger partial charge in [-0.3, -0.25) is 4.79 Å². The number of hydrogen-bond donors (Lipinski definition) is 0. The molecule has 0 aliphatic carbocycles. The summed E-state index contributed by atoms with van der Waals surface area (Å²) >= 11 is 0. The first-order valence-electron chi connectivity index (χ1n) is 4.95. The Morgan fingerprint density at radius 1 is 1.53 bits per heavy atom. The van der Waals surface area contributed by atoms with Crippen LogP contribution in [-0.2, 0) is 16.1 Å². The molecule has 0 bridgehead atoms. The molecule has 15 heavy (non-hydrogen) atoms. The molecule has 1 heterocycles. The van der Waals surface area contributed by atoms with Gasteiger partial charge in [0.25, 0.3) is 0 Å². The molecule has 0 aromatic carbocycles. The van der Waals surface area contributed by atoms with Crippen molar-refractivity contribution in [3.63, 3.8) is 0 Å². The fraction of sp³-hybridized carbons (Fsp3) is 0.455. The van der Waals surface area contributed by atoms with Crippen molar-refractivity contribution >= 4 is 5.97 Å². The summed E-state index contributed by atoms with van der Waals surface area (Å²) in [5.41, 5.74) is 0. The highest BCUT2D eigenvalue weighted by Crippen LogP contribution is 2.07. The van der Waals surface area contributed by atoms with Crippen LogP contribution >= 0.6 is 0 Å². The van der Waals surface area contributed by atoms with Gasteiger partial charge in [0.1, 0.15) is 5.92 Å². The van der Waals surface area contributed by atoms with Gasteiger partial charge < -0.3 is 9.30 Å². The standard InChI is InChI=1S/C11H14N2O2/c1-2-15-11(14)10(9-12)5-8-13-6-3-4-7-13/h3-4,6-7,10H,2,5,8H2,1H3. The summed E-state index contributed by atoms with van der Waals surface area (Å²) in [6, 6.07) is 5.78. The number of carbonyl (C=O) groups is 1. The predicted octanol–water partition coefficient (Wildman–Crippen LogP) is 1.58. The van der Waals surface area contributed by atoms with E-state index < -0.39 is 11.9 Å². The number of rotatable bonds is 5. The van der Waals surface area contributed by atoms with Crippen LogP contribution in [0, 0.1) is 17.2 Å². The number of nitriles is 1. The molecule has 0 amide bonds. The second-order valence-electron chi connectivity index (χ2n) is 3.14. The summed E-state index contributed by atoms with van der Waals surface area (Å²) in [7, 11) is 0. The van der Waals surface area contributed by atoms with E-state index in [9.17, 15) is 4.79 Å². The topological polar surface area (TPSA) is 55.0 Å². The van der Waals surface area contributed by atoms with Gasteiger partial charge in [-0.25, -0.2) is 0 Å². The van der Waals surface area contributed by atoms with E-state index in [-0.39, 0.29) is 0 Å². The minimum absolute atomic E-state index is 0.320. The quantitative estimate of drug-likeness (QED) is 0.687. The molecule has 1 unspecified atom stereocenters. The third-order valence-corrected chi connectivity index (χ3v) is 2.07. The highest BCUT2D eigenvalue weighted by Gasteiger charge is 2.18. The SMILES string of the molecule is CCOC(=O)C(C#N)CCn1cccc1. The second-order valence-corrected chi connectivity index (χ2v) is 3.14. The Balaban J connectivity index is 2.41. The molecule has 0 spiro atoms. The Morgan fingerprint density at radius 2 is 2.20 bits per heavy atom. The number of ether oxygens (including phenoxy) is 1.